The molecule has 1 fully saturated rings. The molecule has 0 spiro atoms. The quantitative estimate of drug-likeness (QED) is 0.601. The summed E-state index contributed by atoms with van der Waals surface area (Å²) in [4.78, 5) is 0. The smallest absolute Gasteiger partial charge is 0.0119 e. The van der Waals surface area contributed by atoms with Gasteiger partial charge in [0.1, 0.15) is 0 Å². The van der Waals surface area contributed by atoms with Gasteiger partial charge < -0.3 is 0 Å². The molecule has 3 atom stereocenters. The maximum Gasteiger partial charge on any atom is -0.0119 e. The Kier molecular flexibility index (Phi) is 5.10. The van der Waals surface area contributed by atoms with Crippen LogP contribution in [-0.2, 0) is 0 Å². The first-order valence-corrected chi connectivity index (χ1v) is 7.30. The van der Waals surface area contributed by atoms with E-state index in [9.17, 15) is 0 Å². The van der Waals surface area contributed by atoms with Crippen LogP contribution in [0.15, 0.2) is 0 Å². The van der Waals surface area contributed by atoms with E-state index in [1.165, 1.54) is 38.5 Å². The molecule has 0 aromatic rings. The Bertz CT molecular complexity index is 186. The van der Waals surface area contributed by atoms with Crippen LogP contribution in [0.25, 0.3) is 0 Å². The molecule has 0 radical (unpaired) electrons. The summed E-state index contributed by atoms with van der Waals surface area (Å²) in [6.45, 7) is 9.48. The standard InChI is InChI=1S/C14H29P/c1-11(2)9-13-7-5-6-8-14(13,15)10-12(3)4/h11-13H,5-10,15H2,1-4H3. The van der Waals surface area contributed by atoms with Gasteiger partial charge in [-0.15, -0.1) is 9.24 Å². The molecule has 0 bridgehead atoms. The van der Waals surface area contributed by atoms with Crippen molar-refractivity contribution in [3.05, 3.63) is 0 Å². The molecule has 1 heteroatoms. The largest absolute Gasteiger partial charge is 0.131 e. The Labute approximate surface area is 98.8 Å². The lowest BCUT2D eigenvalue weighted by Gasteiger charge is -2.43. The molecule has 0 nitrogen and oxygen atoms in total. The Hall–Kier alpha value is 0.430. The number of hydrogen-bond acceptors (Lipinski definition) is 0. The fourth-order valence-electron chi connectivity index (χ4n) is 3.29. The molecule has 0 saturated heterocycles. The van der Waals surface area contributed by atoms with Gasteiger partial charge in [0.2, 0.25) is 0 Å². The summed E-state index contributed by atoms with van der Waals surface area (Å²) in [5, 5.41) is 0.566. The summed E-state index contributed by atoms with van der Waals surface area (Å²) in [5.41, 5.74) is 0. The third-order valence-electron chi connectivity index (χ3n) is 3.80. The van der Waals surface area contributed by atoms with E-state index in [2.05, 4.69) is 36.9 Å². The van der Waals surface area contributed by atoms with Gasteiger partial charge in [-0.1, -0.05) is 40.5 Å². The topological polar surface area (TPSA) is 0 Å². The maximum atomic E-state index is 3.24. The zero-order valence-corrected chi connectivity index (χ0v) is 12.2. The van der Waals surface area contributed by atoms with E-state index in [1.807, 2.05) is 0 Å². The summed E-state index contributed by atoms with van der Waals surface area (Å²) in [6.07, 6.45) is 8.64. The van der Waals surface area contributed by atoms with E-state index in [-0.39, 0.29) is 0 Å². The molecule has 0 N–H and O–H groups in total. The van der Waals surface area contributed by atoms with Crippen LogP contribution in [0.4, 0.5) is 0 Å². The van der Waals surface area contributed by atoms with Crippen LogP contribution in [0.5, 0.6) is 0 Å². The first-order chi connectivity index (χ1) is 6.94. The Morgan fingerprint density at radius 2 is 1.80 bits per heavy atom. The summed E-state index contributed by atoms with van der Waals surface area (Å²) in [6, 6.07) is 0. The van der Waals surface area contributed by atoms with Gasteiger partial charge in [-0.2, -0.15) is 0 Å². The maximum absolute atomic E-state index is 3.24. The van der Waals surface area contributed by atoms with Gasteiger partial charge in [-0.3, -0.25) is 0 Å². The van der Waals surface area contributed by atoms with Crippen molar-refractivity contribution in [2.45, 2.75) is 71.4 Å². The van der Waals surface area contributed by atoms with Crippen LogP contribution < -0.4 is 0 Å². The normalized spacial score (nSPS) is 32.6. The molecule has 0 heterocycles. The lowest BCUT2D eigenvalue weighted by atomic mass is 9.71. The molecular weight excluding hydrogens is 199 g/mol. The van der Waals surface area contributed by atoms with E-state index in [0.29, 0.717) is 5.16 Å². The predicted octanol–water partition coefficient (Wildman–Crippen LogP) is 4.88. The summed E-state index contributed by atoms with van der Waals surface area (Å²) in [7, 11) is 3.24. The fourth-order valence-corrected chi connectivity index (χ4v) is 4.27. The van der Waals surface area contributed by atoms with E-state index >= 15 is 0 Å². The van der Waals surface area contributed by atoms with Crippen LogP contribution in [-0.4, -0.2) is 5.16 Å². The van der Waals surface area contributed by atoms with E-state index < -0.39 is 0 Å². The highest BCUT2D eigenvalue weighted by atomic mass is 31.0. The van der Waals surface area contributed by atoms with Gasteiger partial charge in [0.15, 0.2) is 0 Å². The van der Waals surface area contributed by atoms with Gasteiger partial charge in [-0.25, -0.2) is 0 Å². The summed E-state index contributed by atoms with van der Waals surface area (Å²) in [5.74, 6) is 2.66. The lowest BCUT2D eigenvalue weighted by molar-refractivity contribution is 0.208. The number of rotatable bonds is 4. The minimum Gasteiger partial charge on any atom is -0.131 e. The van der Waals surface area contributed by atoms with Crippen molar-refractivity contribution in [3.63, 3.8) is 0 Å². The van der Waals surface area contributed by atoms with Crippen molar-refractivity contribution < 1.29 is 0 Å². The Morgan fingerprint density at radius 3 is 2.33 bits per heavy atom. The van der Waals surface area contributed by atoms with Gasteiger partial charge >= 0.3 is 0 Å². The zero-order valence-electron chi connectivity index (χ0n) is 11.1. The molecule has 0 aromatic carbocycles. The van der Waals surface area contributed by atoms with Crippen LogP contribution in [0.1, 0.15) is 66.2 Å². The minimum absolute atomic E-state index is 0.566. The SMILES string of the molecule is CC(C)CC1CCCCC1(P)CC(C)C. The van der Waals surface area contributed by atoms with Gasteiger partial charge in [0.25, 0.3) is 0 Å². The van der Waals surface area contributed by atoms with Crippen molar-refractivity contribution in [2.24, 2.45) is 17.8 Å². The Morgan fingerprint density at radius 1 is 1.13 bits per heavy atom. The van der Waals surface area contributed by atoms with Crippen molar-refractivity contribution >= 4 is 9.24 Å². The second kappa shape index (κ2) is 5.67. The van der Waals surface area contributed by atoms with Gasteiger partial charge in [-0.05, 0) is 48.6 Å². The molecule has 3 unspecified atom stereocenters. The van der Waals surface area contributed by atoms with Crippen molar-refractivity contribution in [1.82, 2.24) is 0 Å². The van der Waals surface area contributed by atoms with Crippen molar-refractivity contribution in [1.29, 1.82) is 0 Å². The third-order valence-corrected chi connectivity index (χ3v) is 4.80. The van der Waals surface area contributed by atoms with E-state index in [4.69, 9.17) is 0 Å². The van der Waals surface area contributed by atoms with Gasteiger partial charge in [0.05, 0.1) is 0 Å². The predicted molar refractivity (Wildman–Crippen MR) is 73.3 cm³/mol. The van der Waals surface area contributed by atoms with E-state index in [1.54, 1.807) is 0 Å². The summed E-state index contributed by atoms with van der Waals surface area (Å²) >= 11 is 0. The molecule has 1 aliphatic carbocycles. The molecular formula is C14H29P. The van der Waals surface area contributed by atoms with E-state index in [0.717, 1.165) is 17.8 Å². The molecule has 15 heavy (non-hydrogen) atoms. The molecule has 1 saturated carbocycles. The molecule has 0 aromatic heterocycles. The molecule has 1 rings (SSSR count). The van der Waals surface area contributed by atoms with Crippen molar-refractivity contribution in [3.8, 4) is 0 Å². The van der Waals surface area contributed by atoms with Crippen LogP contribution in [0, 0.1) is 17.8 Å². The highest BCUT2D eigenvalue weighted by Crippen LogP contribution is 2.47. The molecule has 1 aliphatic rings. The fraction of sp³-hybridized carbons (Fsp3) is 1.00. The lowest BCUT2D eigenvalue weighted by Crippen LogP contribution is -2.36. The zero-order chi connectivity index (χ0) is 11.5. The molecule has 0 aliphatic heterocycles. The van der Waals surface area contributed by atoms with Gasteiger partial charge in [0, 0.05) is 0 Å². The third kappa shape index (κ3) is 4.06. The van der Waals surface area contributed by atoms with Crippen molar-refractivity contribution in [2.75, 3.05) is 0 Å². The molecule has 90 valence electrons. The second-order valence-corrected chi connectivity index (χ2v) is 7.55. The minimum atomic E-state index is 0.566. The summed E-state index contributed by atoms with van der Waals surface area (Å²) < 4.78 is 0. The Balaban J connectivity index is 2.62. The highest BCUT2D eigenvalue weighted by molar-refractivity contribution is 7.19. The second-order valence-electron chi connectivity index (χ2n) is 6.40. The number of hydrogen-bond donors (Lipinski definition) is 0. The van der Waals surface area contributed by atoms with Crippen LogP contribution in [0.3, 0.4) is 0 Å². The highest BCUT2D eigenvalue weighted by Gasteiger charge is 2.36. The molecule has 0 amide bonds. The first-order valence-electron chi connectivity index (χ1n) is 6.73. The van der Waals surface area contributed by atoms with Crippen LogP contribution in [0.2, 0.25) is 0 Å². The monoisotopic (exact) mass is 228 g/mol. The van der Waals surface area contributed by atoms with Crippen LogP contribution >= 0.6 is 9.24 Å². The average molecular weight is 228 g/mol. The average Bonchev–Trinajstić information content (AvgIpc) is 2.07. The first kappa shape index (κ1) is 13.5.